The van der Waals surface area contributed by atoms with E-state index in [4.69, 9.17) is 4.74 Å². The molecule has 1 aliphatic rings. The highest BCUT2D eigenvalue weighted by molar-refractivity contribution is 5.78. The van der Waals surface area contributed by atoms with Crippen molar-refractivity contribution < 1.29 is 14.5 Å². The summed E-state index contributed by atoms with van der Waals surface area (Å²) in [5, 5.41) is 15.1. The van der Waals surface area contributed by atoms with Crippen molar-refractivity contribution in [3.8, 4) is 0 Å². The summed E-state index contributed by atoms with van der Waals surface area (Å²) < 4.78 is 4.90. The molecule has 4 atom stereocenters. The topological polar surface area (TPSA) is 81.5 Å². The second-order valence-electron chi connectivity index (χ2n) is 6.27. The second-order valence-corrected chi connectivity index (χ2v) is 6.27. The summed E-state index contributed by atoms with van der Waals surface area (Å²) in [5.41, 5.74) is 2.57. The quantitative estimate of drug-likeness (QED) is 0.526. The van der Waals surface area contributed by atoms with E-state index in [0.717, 1.165) is 16.7 Å². The number of carbonyl (C=O) groups excluding carboxylic acids is 1. The van der Waals surface area contributed by atoms with Gasteiger partial charge in [-0.15, -0.1) is 0 Å². The third-order valence-corrected chi connectivity index (χ3v) is 4.71. The smallest absolute Gasteiger partial charge is 0.323 e. The fourth-order valence-electron chi connectivity index (χ4n) is 3.62. The lowest BCUT2D eigenvalue weighted by atomic mass is 9.85. The van der Waals surface area contributed by atoms with E-state index in [1.54, 1.807) is 0 Å². The molecule has 1 heterocycles. The van der Waals surface area contributed by atoms with Crippen LogP contribution in [-0.4, -0.2) is 30.1 Å². The van der Waals surface area contributed by atoms with Crippen LogP contribution >= 0.6 is 0 Å². The van der Waals surface area contributed by atoms with Gasteiger partial charge in [-0.05, 0) is 18.1 Å². The minimum atomic E-state index is -0.965. The highest BCUT2D eigenvalue weighted by atomic mass is 16.6. The molecule has 0 radical (unpaired) electrons. The minimum Gasteiger partial charge on any atom is -0.468 e. The lowest BCUT2D eigenvalue weighted by molar-refractivity contribution is -0.527. The van der Waals surface area contributed by atoms with Crippen molar-refractivity contribution >= 4 is 5.97 Å². The molecule has 2 aromatic rings. The standard InChI is InChI=1S/C19H20N2O4/c1-12-7-6-10-14(11-12)16-18(21(23)24)15(13-8-4-3-5-9-13)17(20-16)19(22)25-2/h3-11,15-18,20H,1-2H3/t15-,16+,17+,18+/m0/s1. The molecule has 0 unspecified atom stereocenters. The molecular weight excluding hydrogens is 320 g/mol. The van der Waals surface area contributed by atoms with Crippen molar-refractivity contribution in [1.82, 2.24) is 5.32 Å². The maximum absolute atomic E-state index is 12.3. The first kappa shape index (κ1) is 17.1. The van der Waals surface area contributed by atoms with Crippen LogP contribution < -0.4 is 5.32 Å². The number of benzene rings is 2. The summed E-state index contributed by atoms with van der Waals surface area (Å²) in [4.78, 5) is 23.9. The van der Waals surface area contributed by atoms with Gasteiger partial charge in [-0.2, -0.15) is 0 Å². The molecular formula is C19H20N2O4. The fraction of sp³-hybridized carbons (Fsp3) is 0.316. The predicted molar refractivity (Wildman–Crippen MR) is 92.8 cm³/mol. The Hall–Kier alpha value is -2.73. The number of hydrogen-bond acceptors (Lipinski definition) is 5. The van der Waals surface area contributed by atoms with Crippen LogP contribution in [0.2, 0.25) is 0 Å². The number of nitro groups is 1. The van der Waals surface area contributed by atoms with Gasteiger partial charge >= 0.3 is 5.97 Å². The first-order valence-electron chi connectivity index (χ1n) is 8.12. The van der Waals surface area contributed by atoms with E-state index in [1.807, 2.05) is 61.5 Å². The summed E-state index contributed by atoms with van der Waals surface area (Å²) in [6, 6.07) is 14.4. The molecule has 3 rings (SSSR count). The predicted octanol–water partition coefficient (Wildman–Crippen LogP) is 2.61. The largest absolute Gasteiger partial charge is 0.468 e. The molecule has 1 N–H and O–H groups in total. The van der Waals surface area contributed by atoms with Crippen molar-refractivity contribution in [2.75, 3.05) is 7.11 Å². The number of nitrogens with zero attached hydrogens (tertiary/aromatic N) is 1. The molecule has 0 saturated carbocycles. The number of ether oxygens (including phenoxy) is 1. The zero-order valence-electron chi connectivity index (χ0n) is 14.1. The lowest BCUT2D eigenvalue weighted by Crippen LogP contribution is -2.37. The van der Waals surface area contributed by atoms with Crippen molar-refractivity contribution in [2.45, 2.75) is 31.0 Å². The van der Waals surface area contributed by atoms with Crippen molar-refractivity contribution in [3.63, 3.8) is 0 Å². The number of hydrogen-bond donors (Lipinski definition) is 1. The third kappa shape index (κ3) is 3.25. The molecule has 0 amide bonds. The van der Waals surface area contributed by atoms with E-state index in [9.17, 15) is 14.9 Å². The Morgan fingerprint density at radius 3 is 2.40 bits per heavy atom. The van der Waals surface area contributed by atoms with Crippen molar-refractivity contribution in [2.24, 2.45) is 0 Å². The number of nitrogens with one attached hydrogen (secondary N) is 1. The zero-order valence-corrected chi connectivity index (χ0v) is 14.1. The fourth-order valence-corrected chi connectivity index (χ4v) is 3.62. The number of rotatable bonds is 4. The van der Waals surface area contributed by atoms with Crippen molar-refractivity contribution in [1.29, 1.82) is 0 Å². The van der Waals surface area contributed by atoms with Crippen molar-refractivity contribution in [3.05, 3.63) is 81.4 Å². The van der Waals surface area contributed by atoms with Gasteiger partial charge in [-0.25, -0.2) is 0 Å². The Bertz CT molecular complexity index is 778. The van der Waals surface area contributed by atoms with Crippen LogP contribution in [0, 0.1) is 17.0 Å². The van der Waals surface area contributed by atoms with Gasteiger partial charge in [0.25, 0.3) is 0 Å². The van der Waals surface area contributed by atoms with E-state index in [2.05, 4.69) is 5.32 Å². The molecule has 1 aliphatic heterocycles. The van der Waals surface area contributed by atoms with Gasteiger partial charge in [-0.1, -0.05) is 60.2 Å². The maximum atomic E-state index is 12.3. The van der Waals surface area contributed by atoms with E-state index in [-0.39, 0.29) is 4.92 Å². The molecule has 0 spiro atoms. The van der Waals surface area contributed by atoms with Gasteiger partial charge < -0.3 is 4.74 Å². The summed E-state index contributed by atoms with van der Waals surface area (Å²) >= 11 is 0. The Morgan fingerprint density at radius 2 is 1.80 bits per heavy atom. The monoisotopic (exact) mass is 340 g/mol. The molecule has 1 saturated heterocycles. The van der Waals surface area contributed by atoms with Crippen LogP contribution in [0.15, 0.2) is 54.6 Å². The maximum Gasteiger partial charge on any atom is 0.323 e. The van der Waals surface area contributed by atoms with Gasteiger partial charge in [0, 0.05) is 4.92 Å². The van der Waals surface area contributed by atoms with Crippen LogP contribution in [0.1, 0.15) is 28.7 Å². The number of esters is 1. The molecule has 6 nitrogen and oxygen atoms in total. The zero-order chi connectivity index (χ0) is 18.0. The lowest BCUT2D eigenvalue weighted by Gasteiger charge is -2.19. The van der Waals surface area contributed by atoms with Crippen LogP contribution in [0.4, 0.5) is 0 Å². The van der Waals surface area contributed by atoms with Crippen LogP contribution in [0.3, 0.4) is 0 Å². The SMILES string of the molecule is COC(=O)[C@@H]1N[C@H](c2cccc(C)c2)[C@H]([N+](=O)[O-])[C@H]1c1ccccc1. The molecule has 0 bridgehead atoms. The van der Waals surface area contributed by atoms with E-state index in [1.165, 1.54) is 7.11 Å². The van der Waals surface area contributed by atoms with Gasteiger partial charge in [-0.3, -0.25) is 20.2 Å². The average molecular weight is 340 g/mol. The van der Waals surface area contributed by atoms with Crippen LogP contribution in [0.5, 0.6) is 0 Å². The summed E-state index contributed by atoms with van der Waals surface area (Å²) in [6.45, 7) is 1.94. The van der Waals surface area contributed by atoms with E-state index < -0.39 is 30.0 Å². The summed E-state index contributed by atoms with van der Waals surface area (Å²) in [6.07, 6.45) is 0. The average Bonchev–Trinajstić information content (AvgIpc) is 3.02. The van der Waals surface area contributed by atoms with E-state index in [0.29, 0.717) is 0 Å². The molecule has 25 heavy (non-hydrogen) atoms. The molecule has 6 heteroatoms. The minimum absolute atomic E-state index is 0.291. The Labute approximate surface area is 146 Å². The summed E-state index contributed by atoms with van der Waals surface area (Å²) in [5.74, 6) is -1.09. The highest BCUT2D eigenvalue weighted by Crippen LogP contribution is 2.40. The van der Waals surface area contributed by atoms with Gasteiger partial charge in [0.15, 0.2) is 0 Å². The molecule has 1 fully saturated rings. The Morgan fingerprint density at radius 1 is 1.12 bits per heavy atom. The van der Waals surface area contributed by atoms with Crippen LogP contribution in [0.25, 0.3) is 0 Å². The van der Waals surface area contributed by atoms with E-state index >= 15 is 0 Å². The molecule has 0 aromatic heterocycles. The van der Waals surface area contributed by atoms with Crippen LogP contribution in [-0.2, 0) is 9.53 Å². The number of carbonyl (C=O) groups is 1. The van der Waals surface area contributed by atoms with Gasteiger partial charge in [0.1, 0.15) is 12.1 Å². The third-order valence-electron chi connectivity index (χ3n) is 4.71. The van der Waals surface area contributed by atoms with Gasteiger partial charge in [0.2, 0.25) is 6.04 Å². The summed E-state index contributed by atoms with van der Waals surface area (Å²) in [7, 11) is 1.30. The molecule has 2 aromatic carbocycles. The van der Waals surface area contributed by atoms with Gasteiger partial charge in [0.05, 0.1) is 13.0 Å². The molecule has 0 aliphatic carbocycles. The number of methoxy groups -OCH3 is 1. The highest BCUT2D eigenvalue weighted by Gasteiger charge is 2.54. The Balaban J connectivity index is 2.09. The number of aryl methyl sites for hydroxylation is 1. The second kappa shape index (κ2) is 7.03. The normalized spacial score (nSPS) is 25.5. The first-order chi connectivity index (χ1) is 12.0. The molecule has 130 valence electrons. The Kier molecular flexibility index (Phi) is 4.81. The first-order valence-corrected chi connectivity index (χ1v) is 8.12.